The maximum absolute atomic E-state index is 5.28. The number of hydrogen-bond donors (Lipinski definition) is 1. The van der Waals surface area contributed by atoms with Gasteiger partial charge in [-0.2, -0.15) is 0 Å². The minimum atomic E-state index is 0.365. The molecule has 0 aliphatic carbocycles. The summed E-state index contributed by atoms with van der Waals surface area (Å²) in [7, 11) is 0. The summed E-state index contributed by atoms with van der Waals surface area (Å²) in [4.78, 5) is 0. The predicted octanol–water partition coefficient (Wildman–Crippen LogP) is 2.63. The van der Waals surface area contributed by atoms with Gasteiger partial charge < -0.3 is 10.1 Å². The van der Waals surface area contributed by atoms with Gasteiger partial charge in [0.1, 0.15) is 0 Å². The zero-order valence-corrected chi connectivity index (χ0v) is 10.9. The molecule has 1 aliphatic rings. The fourth-order valence-electron chi connectivity index (χ4n) is 2.20. The first kappa shape index (κ1) is 12.6. The molecular formula is C15H23NO. The van der Waals surface area contributed by atoms with Crippen molar-refractivity contribution in [3.8, 4) is 0 Å². The lowest BCUT2D eigenvalue weighted by atomic mass is 9.88. The molecule has 1 aromatic carbocycles. The third-order valence-electron chi connectivity index (χ3n) is 3.54. The summed E-state index contributed by atoms with van der Waals surface area (Å²) in [6.07, 6.45) is 2.29. The molecule has 17 heavy (non-hydrogen) atoms. The second-order valence-electron chi connectivity index (χ2n) is 5.48. The monoisotopic (exact) mass is 233 g/mol. The normalized spacial score (nSPS) is 19.6. The molecule has 2 nitrogen and oxygen atoms in total. The van der Waals surface area contributed by atoms with E-state index in [1.807, 2.05) is 0 Å². The molecule has 0 amide bonds. The second kappa shape index (κ2) is 5.65. The molecule has 1 aliphatic heterocycles. The molecule has 2 rings (SSSR count). The number of ether oxygens (including phenoxy) is 1. The molecule has 0 bridgehead atoms. The van der Waals surface area contributed by atoms with Gasteiger partial charge in [0.15, 0.2) is 0 Å². The summed E-state index contributed by atoms with van der Waals surface area (Å²) in [5, 5.41) is 3.68. The second-order valence-corrected chi connectivity index (χ2v) is 5.48. The third-order valence-corrected chi connectivity index (χ3v) is 3.54. The van der Waals surface area contributed by atoms with E-state index >= 15 is 0 Å². The van der Waals surface area contributed by atoms with Gasteiger partial charge in [-0.3, -0.25) is 0 Å². The van der Waals surface area contributed by atoms with E-state index in [-0.39, 0.29) is 0 Å². The van der Waals surface area contributed by atoms with Crippen molar-refractivity contribution in [2.75, 3.05) is 19.8 Å². The van der Waals surface area contributed by atoms with Crippen LogP contribution in [0.1, 0.15) is 25.8 Å². The zero-order chi connectivity index (χ0) is 12.1. The van der Waals surface area contributed by atoms with Gasteiger partial charge in [0, 0.05) is 18.0 Å². The van der Waals surface area contributed by atoms with Crippen molar-refractivity contribution in [2.45, 2.75) is 32.7 Å². The average Bonchev–Trinajstić information content (AvgIpc) is 2.33. The predicted molar refractivity (Wildman–Crippen MR) is 71.2 cm³/mol. The van der Waals surface area contributed by atoms with Gasteiger partial charge in [0.05, 0.1) is 13.2 Å². The van der Waals surface area contributed by atoms with Crippen molar-refractivity contribution < 1.29 is 4.74 Å². The van der Waals surface area contributed by atoms with Crippen molar-refractivity contribution in [2.24, 2.45) is 5.41 Å². The topological polar surface area (TPSA) is 21.3 Å². The lowest BCUT2D eigenvalue weighted by Gasteiger charge is -2.39. The Bertz CT molecular complexity index is 332. The SMILES string of the molecule is CCC(Cc1ccccc1)NCC1(C)COC1. The van der Waals surface area contributed by atoms with Crippen LogP contribution >= 0.6 is 0 Å². The van der Waals surface area contributed by atoms with Crippen molar-refractivity contribution >= 4 is 0 Å². The van der Waals surface area contributed by atoms with E-state index in [0.29, 0.717) is 11.5 Å². The maximum Gasteiger partial charge on any atom is 0.0554 e. The summed E-state index contributed by atoms with van der Waals surface area (Å²) in [6.45, 7) is 7.42. The van der Waals surface area contributed by atoms with Gasteiger partial charge in [0.25, 0.3) is 0 Å². The molecule has 1 fully saturated rings. The average molecular weight is 233 g/mol. The Kier molecular flexibility index (Phi) is 4.19. The molecule has 1 heterocycles. The van der Waals surface area contributed by atoms with Gasteiger partial charge in [-0.15, -0.1) is 0 Å². The summed E-state index contributed by atoms with van der Waals surface area (Å²) < 4.78 is 5.28. The Hall–Kier alpha value is -0.860. The van der Waals surface area contributed by atoms with E-state index in [9.17, 15) is 0 Å². The van der Waals surface area contributed by atoms with Crippen molar-refractivity contribution in [1.82, 2.24) is 5.32 Å². The van der Waals surface area contributed by atoms with E-state index in [0.717, 1.165) is 26.2 Å². The molecule has 0 aromatic heterocycles. The number of nitrogens with one attached hydrogen (secondary N) is 1. The number of hydrogen-bond acceptors (Lipinski definition) is 2. The van der Waals surface area contributed by atoms with Crippen LogP contribution in [0.3, 0.4) is 0 Å². The van der Waals surface area contributed by atoms with Gasteiger partial charge in [-0.05, 0) is 18.4 Å². The summed E-state index contributed by atoms with van der Waals surface area (Å²) >= 11 is 0. The fourth-order valence-corrected chi connectivity index (χ4v) is 2.20. The Morgan fingerprint density at radius 1 is 1.29 bits per heavy atom. The van der Waals surface area contributed by atoms with Crippen LogP contribution < -0.4 is 5.32 Å². The molecule has 94 valence electrons. The lowest BCUT2D eigenvalue weighted by Crippen LogP contribution is -2.49. The van der Waals surface area contributed by atoms with Crippen LogP contribution in [0.15, 0.2) is 30.3 Å². The van der Waals surface area contributed by atoms with Crippen molar-refractivity contribution in [1.29, 1.82) is 0 Å². The van der Waals surface area contributed by atoms with E-state index in [4.69, 9.17) is 4.74 Å². The summed E-state index contributed by atoms with van der Waals surface area (Å²) in [5.74, 6) is 0. The maximum atomic E-state index is 5.28. The molecule has 0 saturated carbocycles. The standard InChI is InChI=1S/C15H23NO/c1-3-14(9-13-7-5-4-6-8-13)16-10-15(2)11-17-12-15/h4-8,14,16H,3,9-12H2,1-2H3. The molecule has 1 aromatic rings. The van der Waals surface area contributed by atoms with E-state index in [1.54, 1.807) is 0 Å². The van der Waals surface area contributed by atoms with Crippen LogP contribution in [-0.4, -0.2) is 25.8 Å². The van der Waals surface area contributed by atoms with Crippen molar-refractivity contribution in [3.05, 3.63) is 35.9 Å². The van der Waals surface area contributed by atoms with Gasteiger partial charge in [-0.1, -0.05) is 44.2 Å². The highest BCUT2D eigenvalue weighted by molar-refractivity contribution is 5.15. The molecule has 1 atom stereocenters. The van der Waals surface area contributed by atoms with E-state index in [2.05, 4.69) is 49.5 Å². The molecule has 2 heteroatoms. The zero-order valence-electron chi connectivity index (χ0n) is 10.9. The Morgan fingerprint density at radius 2 is 2.00 bits per heavy atom. The lowest BCUT2D eigenvalue weighted by molar-refractivity contribution is -0.1000. The highest BCUT2D eigenvalue weighted by Crippen LogP contribution is 2.25. The largest absolute Gasteiger partial charge is 0.380 e. The van der Waals surface area contributed by atoms with E-state index < -0.39 is 0 Å². The minimum Gasteiger partial charge on any atom is -0.380 e. The molecule has 1 unspecified atom stereocenters. The van der Waals surface area contributed by atoms with Crippen LogP contribution in [0.25, 0.3) is 0 Å². The van der Waals surface area contributed by atoms with Crippen LogP contribution in [0.2, 0.25) is 0 Å². The smallest absolute Gasteiger partial charge is 0.0554 e. The summed E-state index contributed by atoms with van der Waals surface area (Å²) in [6, 6.07) is 11.3. The first-order valence-electron chi connectivity index (χ1n) is 6.57. The third kappa shape index (κ3) is 3.55. The van der Waals surface area contributed by atoms with Gasteiger partial charge in [-0.25, -0.2) is 0 Å². The van der Waals surface area contributed by atoms with Crippen molar-refractivity contribution in [3.63, 3.8) is 0 Å². The summed E-state index contributed by atoms with van der Waals surface area (Å²) in [5.41, 5.74) is 1.78. The highest BCUT2D eigenvalue weighted by atomic mass is 16.5. The molecular weight excluding hydrogens is 210 g/mol. The molecule has 1 saturated heterocycles. The molecule has 1 N–H and O–H groups in total. The van der Waals surface area contributed by atoms with Gasteiger partial charge in [0.2, 0.25) is 0 Å². The quantitative estimate of drug-likeness (QED) is 0.815. The minimum absolute atomic E-state index is 0.365. The van der Waals surface area contributed by atoms with Crippen LogP contribution in [-0.2, 0) is 11.2 Å². The number of benzene rings is 1. The Morgan fingerprint density at radius 3 is 2.53 bits per heavy atom. The van der Waals surface area contributed by atoms with Crippen LogP contribution in [0.5, 0.6) is 0 Å². The Balaban J connectivity index is 1.80. The first-order valence-corrected chi connectivity index (χ1v) is 6.57. The Labute approximate surface area is 104 Å². The molecule has 0 spiro atoms. The molecule has 0 radical (unpaired) electrons. The fraction of sp³-hybridized carbons (Fsp3) is 0.600. The van der Waals surface area contributed by atoms with Crippen LogP contribution in [0.4, 0.5) is 0 Å². The van der Waals surface area contributed by atoms with E-state index in [1.165, 1.54) is 12.0 Å². The highest BCUT2D eigenvalue weighted by Gasteiger charge is 2.33. The first-order chi connectivity index (χ1) is 8.22. The van der Waals surface area contributed by atoms with Gasteiger partial charge >= 0.3 is 0 Å². The van der Waals surface area contributed by atoms with Crippen LogP contribution in [0, 0.1) is 5.41 Å². The number of rotatable bonds is 6.